The molecule has 1 amide bonds. The van der Waals surface area contributed by atoms with Gasteiger partial charge in [0.15, 0.2) is 0 Å². The van der Waals surface area contributed by atoms with Crippen molar-refractivity contribution in [1.82, 2.24) is 14.8 Å². The highest BCUT2D eigenvalue weighted by Gasteiger charge is 2.43. The lowest BCUT2D eigenvalue weighted by Gasteiger charge is -2.42. The first-order valence-electron chi connectivity index (χ1n) is 15.2. The van der Waals surface area contributed by atoms with Gasteiger partial charge in [-0.25, -0.2) is 9.37 Å². The molecule has 1 aromatic rings. The molecule has 7 nitrogen and oxygen atoms in total. The number of oxime groups is 1. The van der Waals surface area contributed by atoms with Crippen molar-refractivity contribution < 1.29 is 18.8 Å². The average Bonchev–Trinajstić information content (AvgIpc) is 3.67. The second-order valence-corrected chi connectivity index (χ2v) is 12.9. The van der Waals surface area contributed by atoms with Gasteiger partial charge in [-0.05, 0) is 93.7 Å². The third kappa shape index (κ3) is 7.76. The van der Waals surface area contributed by atoms with Crippen LogP contribution < -0.4 is 4.74 Å². The molecule has 0 aromatic carbocycles. The van der Waals surface area contributed by atoms with E-state index >= 15 is 0 Å². The predicted octanol–water partition coefficient (Wildman–Crippen LogP) is 6.17. The SMILES string of the molecule is C=C(ON=C(C(C)C)C(C)CC)N1CCC(C2CC2CCOc2ncc(CC(=O)N3CC(C)(F)C3)cc2C)CC1. The number of piperidine rings is 1. The predicted molar refractivity (Wildman–Crippen MR) is 157 cm³/mol. The number of rotatable bonds is 13. The van der Waals surface area contributed by atoms with Gasteiger partial charge in [0.25, 0.3) is 0 Å². The van der Waals surface area contributed by atoms with Gasteiger partial charge in [0, 0.05) is 24.8 Å². The van der Waals surface area contributed by atoms with Gasteiger partial charge in [-0.15, -0.1) is 0 Å². The lowest BCUT2D eigenvalue weighted by atomic mass is 9.90. The summed E-state index contributed by atoms with van der Waals surface area (Å²) < 4.78 is 19.7. The van der Waals surface area contributed by atoms with E-state index in [2.05, 4.69) is 49.3 Å². The standard InChI is InChI=1S/C32H49FN4O3/c1-8-22(4)30(21(2)3)35-40-24(6)36-12-9-26(10-13-36)28-17-27(28)11-14-39-31-23(5)15-25(18-34-31)16-29(38)37-19-32(7,33)20-37/h15,18,21-22,26-28H,6,8-14,16-17,19-20H2,1-5,7H3. The monoisotopic (exact) mass is 556 g/mol. The Morgan fingerprint density at radius 3 is 2.55 bits per heavy atom. The fourth-order valence-corrected chi connectivity index (χ4v) is 6.28. The van der Waals surface area contributed by atoms with Crippen molar-refractivity contribution in [3.63, 3.8) is 0 Å². The number of amides is 1. The number of ether oxygens (including phenoxy) is 1. The van der Waals surface area contributed by atoms with Crippen LogP contribution in [0, 0.1) is 36.5 Å². The van der Waals surface area contributed by atoms with Crippen LogP contribution in [0.5, 0.6) is 5.88 Å². The maximum Gasteiger partial charge on any atom is 0.227 e. The van der Waals surface area contributed by atoms with Crippen molar-refractivity contribution in [3.05, 3.63) is 35.9 Å². The van der Waals surface area contributed by atoms with Crippen LogP contribution in [0.4, 0.5) is 4.39 Å². The van der Waals surface area contributed by atoms with E-state index in [1.54, 1.807) is 11.1 Å². The maximum absolute atomic E-state index is 13.7. The van der Waals surface area contributed by atoms with E-state index in [0.717, 1.165) is 60.5 Å². The van der Waals surface area contributed by atoms with Crippen molar-refractivity contribution in [2.45, 2.75) is 85.7 Å². The molecule has 222 valence electrons. The van der Waals surface area contributed by atoms with Gasteiger partial charge in [0.1, 0.15) is 5.67 Å². The zero-order valence-corrected chi connectivity index (χ0v) is 25.4. The molecule has 2 aliphatic heterocycles. The topological polar surface area (TPSA) is 67.3 Å². The van der Waals surface area contributed by atoms with E-state index in [1.807, 2.05) is 13.0 Å². The molecule has 1 aliphatic carbocycles. The third-order valence-corrected chi connectivity index (χ3v) is 9.00. The Kier molecular flexibility index (Phi) is 9.78. The number of nitrogens with zero attached hydrogens (tertiary/aromatic N) is 4. The number of hydrogen-bond donors (Lipinski definition) is 0. The van der Waals surface area contributed by atoms with Crippen LogP contribution in [0.15, 0.2) is 29.9 Å². The second-order valence-electron chi connectivity index (χ2n) is 12.9. The quantitative estimate of drug-likeness (QED) is 0.165. The first-order chi connectivity index (χ1) is 19.0. The molecule has 40 heavy (non-hydrogen) atoms. The number of aryl methyl sites for hydroxylation is 1. The summed E-state index contributed by atoms with van der Waals surface area (Å²) in [6.45, 7) is 19.3. The number of aromatic nitrogens is 1. The summed E-state index contributed by atoms with van der Waals surface area (Å²) in [5, 5.41) is 4.47. The fourth-order valence-electron chi connectivity index (χ4n) is 6.28. The van der Waals surface area contributed by atoms with Crippen molar-refractivity contribution >= 4 is 11.6 Å². The Labute approximate surface area is 240 Å². The molecule has 3 atom stereocenters. The minimum atomic E-state index is -1.25. The van der Waals surface area contributed by atoms with Crippen molar-refractivity contribution in [1.29, 1.82) is 0 Å². The number of carbonyl (C=O) groups excluding carboxylic acids is 1. The molecule has 0 bridgehead atoms. The minimum Gasteiger partial charge on any atom is -0.477 e. The highest BCUT2D eigenvalue weighted by atomic mass is 19.1. The molecule has 3 heterocycles. The van der Waals surface area contributed by atoms with Crippen LogP contribution in [0.1, 0.15) is 77.8 Å². The maximum atomic E-state index is 13.7. The number of hydrogen-bond acceptors (Lipinski definition) is 6. The van der Waals surface area contributed by atoms with Gasteiger partial charge in [0.2, 0.25) is 17.7 Å². The largest absolute Gasteiger partial charge is 0.477 e. The Hall–Kier alpha value is -2.64. The van der Waals surface area contributed by atoms with Crippen LogP contribution >= 0.6 is 0 Å². The number of likely N-dealkylation sites (tertiary alicyclic amines) is 2. The molecule has 3 aliphatic rings. The molecule has 1 aromatic heterocycles. The second kappa shape index (κ2) is 12.9. The molecule has 0 spiro atoms. The Balaban J connectivity index is 1.14. The summed E-state index contributed by atoms with van der Waals surface area (Å²) in [5.74, 6) is 4.29. The van der Waals surface area contributed by atoms with Gasteiger partial charge in [-0.2, -0.15) is 0 Å². The van der Waals surface area contributed by atoms with E-state index in [-0.39, 0.29) is 25.4 Å². The van der Waals surface area contributed by atoms with Gasteiger partial charge >= 0.3 is 0 Å². The molecule has 3 unspecified atom stereocenters. The third-order valence-electron chi connectivity index (χ3n) is 9.00. The average molecular weight is 557 g/mol. The number of alkyl halides is 1. The molecule has 2 saturated heterocycles. The van der Waals surface area contributed by atoms with Crippen molar-refractivity contribution in [2.24, 2.45) is 34.7 Å². The first kappa shape index (κ1) is 30.3. The van der Waals surface area contributed by atoms with Gasteiger partial charge in [0.05, 0.1) is 31.8 Å². The lowest BCUT2D eigenvalue weighted by molar-refractivity contribution is -0.143. The molecule has 4 rings (SSSR count). The van der Waals surface area contributed by atoms with E-state index in [0.29, 0.717) is 30.2 Å². The van der Waals surface area contributed by atoms with Crippen LogP contribution in [0.2, 0.25) is 0 Å². The van der Waals surface area contributed by atoms with Crippen molar-refractivity contribution in [2.75, 3.05) is 32.8 Å². The van der Waals surface area contributed by atoms with E-state index < -0.39 is 5.67 Å². The van der Waals surface area contributed by atoms with Gasteiger partial charge in [-0.1, -0.05) is 32.9 Å². The molecule has 1 saturated carbocycles. The summed E-state index contributed by atoms with van der Waals surface area (Å²) in [6, 6.07) is 1.96. The number of halogens is 1. The summed E-state index contributed by atoms with van der Waals surface area (Å²) in [6.07, 6.45) is 7.67. The Bertz CT molecular complexity index is 1070. The molecular weight excluding hydrogens is 507 g/mol. The van der Waals surface area contributed by atoms with Gasteiger partial charge in [-0.3, -0.25) is 4.79 Å². The molecular formula is C32H49FN4O3. The van der Waals surface area contributed by atoms with Crippen LogP contribution in [0.3, 0.4) is 0 Å². The molecule has 0 N–H and O–H groups in total. The molecule has 3 fully saturated rings. The van der Waals surface area contributed by atoms with E-state index in [1.165, 1.54) is 26.2 Å². The number of carbonyl (C=O) groups is 1. The van der Waals surface area contributed by atoms with Crippen molar-refractivity contribution in [3.8, 4) is 5.88 Å². The minimum absolute atomic E-state index is 0.0529. The summed E-state index contributed by atoms with van der Waals surface area (Å²) in [5.41, 5.74) is 1.63. The van der Waals surface area contributed by atoms with Crippen LogP contribution in [-0.4, -0.2) is 64.9 Å². The zero-order chi connectivity index (χ0) is 29.0. The van der Waals surface area contributed by atoms with E-state index in [4.69, 9.17) is 9.57 Å². The summed E-state index contributed by atoms with van der Waals surface area (Å²) in [4.78, 5) is 26.4. The van der Waals surface area contributed by atoms with Gasteiger partial charge < -0.3 is 19.4 Å². The summed E-state index contributed by atoms with van der Waals surface area (Å²) >= 11 is 0. The van der Waals surface area contributed by atoms with E-state index in [9.17, 15) is 9.18 Å². The molecule has 0 radical (unpaired) electrons. The first-order valence-corrected chi connectivity index (χ1v) is 15.2. The van der Waals surface area contributed by atoms with Crippen LogP contribution in [0.25, 0.3) is 0 Å². The lowest BCUT2D eigenvalue weighted by Crippen LogP contribution is -2.59. The van der Waals surface area contributed by atoms with Crippen LogP contribution in [-0.2, 0) is 16.1 Å². The highest BCUT2D eigenvalue weighted by Crippen LogP contribution is 2.50. The highest BCUT2D eigenvalue weighted by molar-refractivity contribution is 5.87. The smallest absolute Gasteiger partial charge is 0.227 e. The summed E-state index contributed by atoms with van der Waals surface area (Å²) in [7, 11) is 0. The zero-order valence-electron chi connectivity index (χ0n) is 25.4. The fraction of sp³-hybridized carbons (Fsp3) is 0.719. The number of pyridine rings is 1. The molecule has 8 heteroatoms. The Morgan fingerprint density at radius 2 is 1.95 bits per heavy atom. The Morgan fingerprint density at radius 1 is 1.25 bits per heavy atom. The normalized spacial score (nSPS) is 23.6.